The predicted octanol–water partition coefficient (Wildman–Crippen LogP) is 3.17. The number of nitriles is 2. The smallest absolute Gasteiger partial charge is 0.255 e. The third kappa shape index (κ3) is 3.79. The van der Waals surface area contributed by atoms with E-state index in [0.717, 1.165) is 0 Å². The van der Waals surface area contributed by atoms with Crippen LogP contribution in [0.25, 0.3) is 6.08 Å². The van der Waals surface area contributed by atoms with E-state index < -0.39 is 0 Å². The Morgan fingerprint density at radius 2 is 1.86 bits per heavy atom. The Morgan fingerprint density at radius 3 is 2.52 bits per heavy atom. The SMILES string of the molecule is N#CC(C#N)=Cc1cc[c]c(NC(=O)c2ccccc2)c1. The fourth-order valence-electron chi connectivity index (χ4n) is 1.69. The lowest BCUT2D eigenvalue weighted by molar-refractivity contribution is 0.102. The number of nitrogens with one attached hydrogen (secondary N) is 1. The summed E-state index contributed by atoms with van der Waals surface area (Å²) in [4.78, 5) is 12.0. The topological polar surface area (TPSA) is 76.7 Å². The van der Waals surface area contributed by atoms with Crippen LogP contribution in [-0.4, -0.2) is 5.91 Å². The van der Waals surface area contributed by atoms with Crippen molar-refractivity contribution >= 4 is 17.7 Å². The van der Waals surface area contributed by atoms with Crippen LogP contribution in [0.3, 0.4) is 0 Å². The molecule has 0 aliphatic heterocycles. The number of allylic oxidation sites excluding steroid dienone is 1. The van der Waals surface area contributed by atoms with Gasteiger partial charge in [-0.25, -0.2) is 0 Å². The van der Waals surface area contributed by atoms with E-state index in [0.29, 0.717) is 16.8 Å². The number of benzene rings is 2. The van der Waals surface area contributed by atoms with Crippen molar-refractivity contribution < 1.29 is 4.79 Å². The van der Waals surface area contributed by atoms with E-state index in [9.17, 15) is 4.79 Å². The van der Waals surface area contributed by atoms with E-state index in [1.54, 1.807) is 54.6 Å². The molecule has 4 nitrogen and oxygen atoms in total. The predicted molar refractivity (Wildman–Crippen MR) is 78.9 cm³/mol. The summed E-state index contributed by atoms with van der Waals surface area (Å²) in [6.45, 7) is 0. The average molecular weight is 272 g/mol. The molecule has 2 aromatic rings. The van der Waals surface area contributed by atoms with Crippen molar-refractivity contribution in [3.63, 3.8) is 0 Å². The molecule has 99 valence electrons. The maximum absolute atomic E-state index is 12.0. The van der Waals surface area contributed by atoms with E-state index in [2.05, 4.69) is 11.4 Å². The highest BCUT2D eigenvalue weighted by Gasteiger charge is 2.05. The number of carbonyl (C=O) groups is 1. The van der Waals surface area contributed by atoms with Gasteiger partial charge >= 0.3 is 0 Å². The molecule has 0 atom stereocenters. The van der Waals surface area contributed by atoms with E-state index in [4.69, 9.17) is 10.5 Å². The number of hydrogen-bond acceptors (Lipinski definition) is 3. The van der Waals surface area contributed by atoms with Crippen LogP contribution in [0.4, 0.5) is 5.69 Å². The lowest BCUT2D eigenvalue weighted by Gasteiger charge is -2.05. The maximum Gasteiger partial charge on any atom is 0.255 e. The van der Waals surface area contributed by atoms with Crippen LogP contribution in [0.15, 0.2) is 54.1 Å². The molecule has 0 aliphatic carbocycles. The molecular formula is C17H10N3O. The van der Waals surface area contributed by atoms with Gasteiger partial charge in [-0.15, -0.1) is 0 Å². The number of hydrogen-bond donors (Lipinski definition) is 1. The molecule has 0 saturated carbocycles. The number of carbonyl (C=O) groups excluding carboxylic acids is 1. The zero-order valence-electron chi connectivity index (χ0n) is 11.0. The van der Waals surface area contributed by atoms with Crippen LogP contribution in [-0.2, 0) is 0 Å². The molecule has 21 heavy (non-hydrogen) atoms. The summed E-state index contributed by atoms with van der Waals surface area (Å²) in [7, 11) is 0. The van der Waals surface area contributed by atoms with Crippen LogP contribution in [0.5, 0.6) is 0 Å². The molecule has 0 bridgehead atoms. The van der Waals surface area contributed by atoms with Crippen LogP contribution in [0, 0.1) is 28.7 Å². The van der Waals surface area contributed by atoms with Crippen molar-refractivity contribution in [3.8, 4) is 12.1 Å². The van der Waals surface area contributed by atoms with Gasteiger partial charge in [0.15, 0.2) is 0 Å². The van der Waals surface area contributed by atoms with Crippen molar-refractivity contribution in [1.82, 2.24) is 0 Å². The minimum absolute atomic E-state index is 0.00142. The standard InChI is InChI=1S/C17H10N3O/c18-11-14(12-19)9-13-5-4-8-16(10-13)20-17(21)15-6-2-1-3-7-15/h1-7,9-10H,(H,20,21). The van der Waals surface area contributed by atoms with Crippen LogP contribution in [0.2, 0.25) is 0 Å². The Balaban J connectivity index is 2.20. The second kappa shape index (κ2) is 6.70. The molecule has 0 aromatic heterocycles. The average Bonchev–Trinajstić information content (AvgIpc) is 2.53. The summed E-state index contributed by atoms with van der Waals surface area (Å²) in [5, 5.41) is 20.2. The molecule has 0 heterocycles. The van der Waals surface area contributed by atoms with Crippen molar-refractivity contribution in [3.05, 3.63) is 71.3 Å². The first-order valence-corrected chi connectivity index (χ1v) is 6.13. The second-order valence-electron chi connectivity index (χ2n) is 4.14. The minimum Gasteiger partial charge on any atom is -0.321 e. The quantitative estimate of drug-likeness (QED) is 0.872. The summed E-state index contributed by atoms with van der Waals surface area (Å²) in [5.74, 6) is -0.242. The highest BCUT2D eigenvalue weighted by molar-refractivity contribution is 6.04. The van der Waals surface area contributed by atoms with Gasteiger partial charge in [-0.05, 0) is 29.8 Å². The summed E-state index contributed by atoms with van der Waals surface area (Å²) < 4.78 is 0. The van der Waals surface area contributed by atoms with Gasteiger partial charge in [0.05, 0.1) is 0 Å². The van der Waals surface area contributed by atoms with Gasteiger partial charge in [-0.1, -0.05) is 30.3 Å². The Bertz CT molecular complexity index is 749. The largest absolute Gasteiger partial charge is 0.321 e. The Hall–Kier alpha value is -3.37. The van der Waals surface area contributed by atoms with Gasteiger partial charge in [-0.3, -0.25) is 4.79 Å². The van der Waals surface area contributed by atoms with Gasteiger partial charge in [0.25, 0.3) is 5.91 Å². The van der Waals surface area contributed by atoms with Gasteiger partial charge in [0.1, 0.15) is 17.7 Å². The normalized spacial score (nSPS) is 9.05. The molecule has 0 aliphatic rings. The molecule has 2 rings (SSSR count). The molecule has 0 fully saturated rings. The summed E-state index contributed by atoms with van der Waals surface area (Å²) in [6.07, 6.45) is 1.45. The first-order valence-electron chi connectivity index (χ1n) is 6.13. The number of rotatable bonds is 3. The van der Waals surface area contributed by atoms with Gasteiger partial charge in [-0.2, -0.15) is 10.5 Å². The fourth-order valence-corrected chi connectivity index (χ4v) is 1.69. The molecule has 1 amide bonds. The number of amides is 1. The highest BCUT2D eigenvalue weighted by Crippen LogP contribution is 2.14. The van der Waals surface area contributed by atoms with Crippen molar-refractivity contribution in [2.75, 3.05) is 5.32 Å². The molecular weight excluding hydrogens is 262 g/mol. The Morgan fingerprint density at radius 1 is 1.14 bits per heavy atom. The van der Waals surface area contributed by atoms with Crippen LogP contribution < -0.4 is 5.32 Å². The summed E-state index contributed by atoms with van der Waals surface area (Å²) in [5.41, 5.74) is 1.67. The third-order valence-corrected chi connectivity index (χ3v) is 2.66. The first kappa shape index (κ1) is 14.0. The number of nitrogens with zero attached hydrogens (tertiary/aromatic N) is 2. The fraction of sp³-hybridized carbons (Fsp3) is 0. The van der Waals surface area contributed by atoms with Gasteiger partial charge in [0.2, 0.25) is 0 Å². The van der Waals surface area contributed by atoms with Crippen molar-refractivity contribution in [2.45, 2.75) is 0 Å². The van der Waals surface area contributed by atoms with Crippen LogP contribution in [0.1, 0.15) is 15.9 Å². The zero-order valence-corrected chi connectivity index (χ0v) is 11.0. The molecule has 4 heteroatoms. The highest BCUT2D eigenvalue weighted by atomic mass is 16.1. The maximum atomic E-state index is 12.0. The first-order chi connectivity index (χ1) is 10.2. The van der Waals surface area contributed by atoms with E-state index in [1.165, 1.54) is 6.08 Å². The molecule has 2 aromatic carbocycles. The summed E-state index contributed by atoms with van der Waals surface area (Å²) in [6, 6.07) is 20.3. The van der Waals surface area contributed by atoms with Gasteiger partial charge in [0, 0.05) is 17.3 Å². The summed E-state index contributed by atoms with van der Waals surface area (Å²) >= 11 is 0. The molecule has 1 N–H and O–H groups in total. The van der Waals surface area contributed by atoms with Gasteiger partial charge < -0.3 is 5.32 Å². The van der Waals surface area contributed by atoms with Crippen LogP contribution >= 0.6 is 0 Å². The van der Waals surface area contributed by atoms with E-state index in [1.807, 2.05) is 6.07 Å². The molecule has 1 radical (unpaired) electrons. The molecule has 0 saturated heterocycles. The molecule has 0 spiro atoms. The van der Waals surface area contributed by atoms with E-state index in [-0.39, 0.29) is 11.5 Å². The monoisotopic (exact) mass is 272 g/mol. The lowest BCUT2D eigenvalue weighted by atomic mass is 10.1. The van der Waals surface area contributed by atoms with E-state index >= 15 is 0 Å². The third-order valence-electron chi connectivity index (χ3n) is 2.66. The minimum atomic E-state index is -0.242. The lowest BCUT2D eigenvalue weighted by Crippen LogP contribution is -2.11. The number of anilines is 1. The Labute approximate surface area is 122 Å². The van der Waals surface area contributed by atoms with Crippen molar-refractivity contribution in [2.24, 2.45) is 0 Å². The second-order valence-corrected chi connectivity index (χ2v) is 4.14. The Kier molecular flexibility index (Phi) is 4.48. The molecule has 0 unspecified atom stereocenters. The van der Waals surface area contributed by atoms with Crippen molar-refractivity contribution in [1.29, 1.82) is 10.5 Å². The zero-order chi connectivity index (χ0) is 15.1.